The van der Waals surface area contributed by atoms with E-state index >= 15 is 0 Å². The lowest BCUT2D eigenvalue weighted by molar-refractivity contribution is -0.144. The van der Waals surface area contributed by atoms with E-state index in [9.17, 15) is 9.59 Å². The average molecular weight is 351 g/mol. The first kappa shape index (κ1) is 16.0. The molecule has 0 atom stereocenters. The maximum absolute atomic E-state index is 12.3. The van der Waals surface area contributed by atoms with E-state index in [0.29, 0.717) is 10.7 Å². The van der Waals surface area contributed by atoms with Crippen molar-refractivity contribution in [2.45, 2.75) is 25.3 Å². The highest BCUT2D eigenvalue weighted by Crippen LogP contribution is 2.28. The number of amides is 1. The van der Waals surface area contributed by atoms with Crippen molar-refractivity contribution in [3.8, 4) is 10.6 Å². The van der Waals surface area contributed by atoms with Gasteiger partial charge in [0.15, 0.2) is 0 Å². The number of carbonyl (C=O) groups is 2. The first-order chi connectivity index (χ1) is 11.0. The maximum Gasteiger partial charge on any atom is 0.323 e. The fourth-order valence-electron chi connectivity index (χ4n) is 2.32. The fourth-order valence-corrected chi connectivity index (χ4v) is 3.27. The van der Waals surface area contributed by atoms with Crippen molar-refractivity contribution in [3.05, 3.63) is 40.4 Å². The van der Waals surface area contributed by atoms with E-state index < -0.39 is 5.97 Å². The third-order valence-electron chi connectivity index (χ3n) is 3.59. The second-order valence-corrected chi connectivity index (χ2v) is 6.77. The Hall–Kier alpha value is -1.92. The maximum atomic E-state index is 12.3. The van der Waals surface area contributed by atoms with Gasteiger partial charge in [0.1, 0.15) is 11.6 Å². The van der Waals surface area contributed by atoms with Gasteiger partial charge in [-0.2, -0.15) is 0 Å². The number of aromatic nitrogens is 1. The largest absolute Gasteiger partial charge is 0.480 e. The summed E-state index contributed by atoms with van der Waals surface area (Å²) in [5, 5.41) is 12.3. The van der Waals surface area contributed by atoms with Crippen LogP contribution in [0, 0.1) is 0 Å². The summed E-state index contributed by atoms with van der Waals surface area (Å²) in [6, 6.07) is 7.43. The van der Waals surface area contributed by atoms with Crippen LogP contribution in [0.4, 0.5) is 0 Å². The summed E-state index contributed by atoms with van der Waals surface area (Å²) in [5.74, 6) is -1.16. The molecule has 1 amide bonds. The number of rotatable bonds is 6. The third kappa shape index (κ3) is 4.09. The molecule has 1 aliphatic carbocycles. The zero-order valence-corrected chi connectivity index (χ0v) is 13.8. The summed E-state index contributed by atoms with van der Waals surface area (Å²) in [6.07, 6.45) is 1.89. The zero-order valence-electron chi connectivity index (χ0n) is 12.2. The number of nitrogens with zero attached hydrogens (tertiary/aromatic N) is 2. The van der Waals surface area contributed by atoms with E-state index in [4.69, 9.17) is 16.7 Å². The molecule has 0 radical (unpaired) electrons. The van der Waals surface area contributed by atoms with Crippen LogP contribution in [0.1, 0.15) is 18.5 Å². The highest BCUT2D eigenvalue weighted by molar-refractivity contribution is 7.13. The van der Waals surface area contributed by atoms with E-state index in [1.807, 2.05) is 17.5 Å². The smallest absolute Gasteiger partial charge is 0.323 e. The quantitative estimate of drug-likeness (QED) is 0.869. The fraction of sp³-hybridized carbons (Fsp3) is 0.312. The summed E-state index contributed by atoms with van der Waals surface area (Å²) in [6.45, 7) is -0.238. The van der Waals surface area contributed by atoms with Gasteiger partial charge in [-0.1, -0.05) is 23.7 Å². The minimum atomic E-state index is -0.981. The number of aliphatic carboxylic acids is 1. The monoisotopic (exact) mass is 350 g/mol. The van der Waals surface area contributed by atoms with E-state index in [1.165, 1.54) is 16.2 Å². The predicted octanol–water partition coefficient (Wildman–Crippen LogP) is 3.08. The Bertz CT molecular complexity index is 725. The Morgan fingerprint density at radius 2 is 2.00 bits per heavy atom. The van der Waals surface area contributed by atoms with Crippen LogP contribution in [-0.4, -0.2) is 39.5 Å². The van der Waals surface area contributed by atoms with Gasteiger partial charge < -0.3 is 10.0 Å². The molecule has 0 spiro atoms. The van der Waals surface area contributed by atoms with E-state index in [-0.39, 0.29) is 24.9 Å². The topological polar surface area (TPSA) is 70.5 Å². The second-order valence-electron chi connectivity index (χ2n) is 5.47. The van der Waals surface area contributed by atoms with Gasteiger partial charge in [0.25, 0.3) is 0 Å². The van der Waals surface area contributed by atoms with E-state index in [2.05, 4.69) is 4.98 Å². The van der Waals surface area contributed by atoms with Crippen LogP contribution in [-0.2, 0) is 16.0 Å². The summed E-state index contributed by atoms with van der Waals surface area (Å²) < 4.78 is 0. The minimum Gasteiger partial charge on any atom is -0.480 e. The molecule has 0 saturated heterocycles. The van der Waals surface area contributed by atoms with Gasteiger partial charge in [0, 0.05) is 22.0 Å². The number of halogens is 1. The molecule has 120 valence electrons. The molecule has 1 heterocycles. The molecule has 1 N–H and O–H groups in total. The second kappa shape index (κ2) is 6.68. The first-order valence-electron chi connectivity index (χ1n) is 7.24. The van der Waals surface area contributed by atoms with Crippen LogP contribution < -0.4 is 0 Å². The van der Waals surface area contributed by atoms with E-state index in [1.54, 1.807) is 12.1 Å². The van der Waals surface area contributed by atoms with Crippen LogP contribution in [0.3, 0.4) is 0 Å². The molecule has 1 fully saturated rings. The molecule has 0 aliphatic heterocycles. The number of thiazole rings is 1. The molecule has 23 heavy (non-hydrogen) atoms. The lowest BCUT2D eigenvalue weighted by atomic mass is 10.2. The van der Waals surface area contributed by atoms with Crippen LogP contribution in [0.25, 0.3) is 10.6 Å². The SMILES string of the molecule is O=C(O)CN(C(=O)Cc1csc(-c2ccc(Cl)cc2)n1)C1CC1. The molecule has 1 aromatic carbocycles. The number of hydrogen-bond acceptors (Lipinski definition) is 4. The van der Waals surface area contributed by atoms with Crippen LogP contribution in [0.15, 0.2) is 29.6 Å². The predicted molar refractivity (Wildman–Crippen MR) is 88.6 cm³/mol. The van der Waals surface area contributed by atoms with Gasteiger partial charge >= 0.3 is 5.97 Å². The van der Waals surface area contributed by atoms with Crippen molar-refractivity contribution in [1.82, 2.24) is 9.88 Å². The van der Waals surface area contributed by atoms with Crippen molar-refractivity contribution in [3.63, 3.8) is 0 Å². The summed E-state index contributed by atoms with van der Waals surface area (Å²) in [7, 11) is 0. The molecular weight excluding hydrogens is 336 g/mol. The van der Waals surface area contributed by atoms with E-state index in [0.717, 1.165) is 23.4 Å². The summed E-state index contributed by atoms with van der Waals surface area (Å²) in [4.78, 5) is 29.1. The molecule has 0 bridgehead atoms. The molecule has 5 nitrogen and oxygen atoms in total. The Morgan fingerprint density at radius 3 is 2.61 bits per heavy atom. The Morgan fingerprint density at radius 1 is 1.30 bits per heavy atom. The van der Waals surface area contributed by atoms with Crippen molar-refractivity contribution < 1.29 is 14.7 Å². The van der Waals surface area contributed by atoms with Gasteiger partial charge in [-0.05, 0) is 25.0 Å². The number of benzene rings is 1. The van der Waals surface area contributed by atoms with Crippen LogP contribution >= 0.6 is 22.9 Å². The first-order valence-corrected chi connectivity index (χ1v) is 8.50. The highest BCUT2D eigenvalue weighted by atomic mass is 35.5. The molecule has 2 aromatic rings. The van der Waals surface area contributed by atoms with Crippen LogP contribution in [0.2, 0.25) is 5.02 Å². The van der Waals surface area contributed by atoms with Gasteiger partial charge in [-0.15, -0.1) is 11.3 Å². The van der Waals surface area contributed by atoms with Gasteiger partial charge in [0.05, 0.1) is 12.1 Å². The minimum absolute atomic E-state index is 0.0768. The zero-order chi connectivity index (χ0) is 16.4. The molecule has 7 heteroatoms. The standard InChI is InChI=1S/C16H15ClN2O3S/c17-11-3-1-10(2-4-11)16-18-12(9-23-16)7-14(20)19(8-15(21)22)13-5-6-13/h1-4,9,13H,5-8H2,(H,21,22). The molecule has 3 rings (SSSR count). The Kier molecular flexibility index (Phi) is 4.63. The molecule has 1 saturated carbocycles. The van der Waals surface area contributed by atoms with Crippen LogP contribution in [0.5, 0.6) is 0 Å². The van der Waals surface area contributed by atoms with Crippen molar-refractivity contribution in [2.24, 2.45) is 0 Å². The highest BCUT2D eigenvalue weighted by Gasteiger charge is 2.33. The number of carboxylic acids is 1. The molecule has 1 aliphatic rings. The number of carboxylic acid groups (broad SMARTS) is 1. The molecular formula is C16H15ClN2O3S. The molecule has 1 aromatic heterocycles. The number of hydrogen-bond donors (Lipinski definition) is 1. The lowest BCUT2D eigenvalue weighted by Gasteiger charge is -2.19. The Labute approximate surface area is 142 Å². The molecule has 0 unspecified atom stereocenters. The Balaban J connectivity index is 1.69. The van der Waals surface area contributed by atoms with Gasteiger partial charge in [-0.3, -0.25) is 9.59 Å². The van der Waals surface area contributed by atoms with Crippen molar-refractivity contribution in [2.75, 3.05) is 6.54 Å². The van der Waals surface area contributed by atoms with Gasteiger partial charge in [-0.25, -0.2) is 4.98 Å². The number of carbonyl (C=O) groups excluding carboxylic acids is 1. The summed E-state index contributed by atoms with van der Waals surface area (Å²) in [5.41, 5.74) is 1.61. The average Bonchev–Trinajstić information content (AvgIpc) is 3.25. The third-order valence-corrected chi connectivity index (χ3v) is 4.78. The van der Waals surface area contributed by atoms with Gasteiger partial charge in [0.2, 0.25) is 5.91 Å². The normalized spacial score (nSPS) is 13.8. The van der Waals surface area contributed by atoms with Crippen molar-refractivity contribution in [1.29, 1.82) is 0 Å². The van der Waals surface area contributed by atoms with Crippen molar-refractivity contribution >= 4 is 34.8 Å². The lowest BCUT2D eigenvalue weighted by Crippen LogP contribution is -2.38. The summed E-state index contributed by atoms with van der Waals surface area (Å²) >= 11 is 7.33.